The molecule has 0 bridgehead atoms. The van der Waals surface area contributed by atoms with E-state index in [-0.39, 0.29) is 11.8 Å². The fraction of sp³-hybridized carbons (Fsp3) is 0.571. The number of para-hydroxylation sites is 1. The van der Waals surface area contributed by atoms with Crippen LogP contribution >= 0.6 is 0 Å². The second-order valence-electron chi connectivity index (χ2n) is 4.25. The summed E-state index contributed by atoms with van der Waals surface area (Å²) in [5, 5.41) is 0. The molecule has 108 valence electrons. The lowest BCUT2D eigenvalue weighted by atomic mass is 10.1. The number of methoxy groups -OCH3 is 1. The Morgan fingerprint density at radius 2 is 2.00 bits per heavy atom. The van der Waals surface area contributed by atoms with Crippen molar-refractivity contribution in [3.63, 3.8) is 0 Å². The van der Waals surface area contributed by atoms with Gasteiger partial charge >= 0.3 is 0 Å². The van der Waals surface area contributed by atoms with E-state index in [9.17, 15) is 4.39 Å². The number of benzene rings is 1. The quantitative estimate of drug-likeness (QED) is 0.700. The van der Waals surface area contributed by atoms with Gasteiger partial charge in [-0.1, -0.05) is 12.1 Å². The molecule has 0 amide bonds. The van der Waals surface area contributed by atoms with Crippen LogP contribution in [0.25, 0.3) is 0 Å². The Bertz CT molecular complexity index is 372. The fourth-order valence-electron chi connectivity index (χ4n) is 1.65. The number of hydrogen-bond donors (Lipinski definition) is 1. The standard InChI is InChI=1S/C14H22FNO3/c1-11(16)12-5-3-6-13(15)14(12)19-10-9-18-8-4-7-17-2/h3,5-6,11H,4,7-10,16H2,1-2H3. The van der Waals surface area contributed by atoms with Crippen molar-refractivity contribution in [2.45, 2.75) is 19.4 Å². The Labute approximate surface area is 113 Å². The zero-order valence-electron chi connectivity index (χ0n) is 11.5. The van der Waals surface area contributed by atoms with Crippen LogP contribution in [-0.4, -0.2) is 33.5 Å². The molecule has 19 heavy (non-hydrogen) atoms. The molecule has 1 unspecified atom stereocenters. The van der Waals surface area contributed by atoms with Gasteiger partial charge in [0.25, 0.3) is 0 Å². The molecule has 1 rings (SSSR count). The predicted octanol–water partition coefficient (Wildman–Crippen LogP) is 2.28. The molecule has 5 heteroatoms. The van der Waals surface area contributed by atoms with Crippen LogP contribution in [0.15, 0.2) is 18.2 Å². The fourth-order valence-corrected chi connectivity index (χ4v) is 1.65. The van der Waals surface area contributed by atoms with Crippen LogP contribution in [0.3, 0.4) is 0 Å². The van der Waals surface area contributed by atoms with Crippen molar-refractivity contribution in [2.75, 3.05) is 33.5 Å². The SMILES string of the molecule is COCCCOCCOc1c(F)cccc1C(C)N. The molecule has 0 heterocycles. The molecular formula is C14H22FNO3. The first kappa shape index (κ1) is 15.9. The van der Waals surface area contributed by atoms with E-state index in [0.29, 0.717) is 32.0 Å². The summed E-state index contributed by atoms with van der Waals surface area (Å²) in [6, 6.07) is 4.49. The third kappa shape index (κ3) is 5.55. The van der Waals surface area contributed by atoms with Crippen LogP contribution in [0.2, 0.25) is 0 Å². The molecule has 0 spiro atoms. The summed E-state index contributed by atoms with van der Waals surface area (Å²) in [6.07, 6.45) is 0.835. The van der Waals surface area contributed by atoms with Gasteiger partial charge in [0.2, 0.25) is 0 Å². The van der Waals surface area contributed by atoms with E-state index in [2.05, 4.69) is 0 Å². The molecule has 0 aromatic heterocycles. The van der Waals surface area contributed by atoms with Gasteiger partial charge in [-0.2, -0.15) is 0 Å². The van der Waals surface area contributed by atoms with Crippen molar-refractivity contribution in [2.24, 2.45) is 5.73 Å². The summed E-state index contributed by atoms with van der Waals surface area (Å²) in [5.41, 5.74) is 6.44. The van der Waals surface area contributed by atoms with Crippen molar-refractivity contribution in [3.05, 3.63) is 29.6 Å². The smallest absolute Gasteiger partial charge is 0.165 e. The highest BCUT2D eigenvalue weighted by Crippen LogP contribution is 2.26. The number of hydrogen-bond acceptors (Lipinski definition) is 4. The van der Waals surface area contributed by atoms with Crippen molar-refractivity contribution in [1.29, 1.82) is 0 Å². The Hall–Kier alpha value is -1.17. The minimum Gasteiger partial charge on any atom is -0.488 e. The molecule has 0 saturated carbocycles. The second-order valence-corrected chi connectivity index (χ2v) is 4.25. The first-order valence-corrected chi connectivity index (χ1v) is 6.40. The van der Waals surface area contributed by atoms with E-state index in [0.717, 1.165) is 6.42 Å². The minimum absolute atomic E-state index is 0.220. The maximum Gasteiger partial charge on any atom is 0.165 e. The van der Waals surface area contributed by atoms with Gasteiger partial charge in [-0.05, 0) is 19.4 Å². The summed E-state index contributed by atoms with van der Waals surface area (Å²) < 4.78 is 29.3. The maximum atomic E-state index is 13.6. The van der Waals surface area contributed by atoms with Gasteiger partial charge in [0.05, 0.1) is 6.61 Å². The van der Waals surface area contributed by atoms with E-state index in [1.165, 1.54) is 6.07 Å². The Morgan fingerprint density at radius 1 is 1.21 bits per heavy atom. The zero-order chi connectivity index (χ0) is 14.1. The molecule has 1 aromatic rings. The minimum atomic E-state index is -0.394. The average Bonchev–Trinajstić information content (AvgIpc) is 2.39. The van der Waals surface area contributed by atoms with E-state index in [1.54, 1.807) is 26.2 Å². The maximum absolute atomic E-state index is 13.6. The molecule has 4 nitrogen and oxygen atoms in total. The second kappa shape index (κ2) is 8.85. The van der Waals surface area contributed by atoms with E-state index in [1.807, 2.05) is 0 Å². The van der Waals surface area contributed by atoms with Gasteiger partial charge in [0.15, 0.2) is 11.6 Å². The molecular weight excluding hydrogens is 249 g/mol. The first-order chi connectivity index (χ1) is 9.16. The summed E-state index contributed by atoms with van der Waals surface area (Å²) in [7, 11) is 1.65. The van der Waals surface area contributed by atoms with Crippen molar-refractivity contribution in [1.82, 2.24) is 0 Å². The van der Waals surface area contributed by atoms with Crippen LogP contribution in [0.1, 0.15) is 24.9 Å². The van der Waals surface area contributed by atoms with Crippen LogP contribution < -0.4 is 10.5 Å². The van der Waals surface area contributed by atoms with Crippen LogP contribution in [0.5, 0.6) is 5.75 Å². The van der Waals surface area contributed by atoms with E-state index in [4.69, 9.17) is 19.9 Å². The molecule has 0 aliphatic carbocycles. The van der Waals surface area contributed by atoms with Crippen molar-refractivity contribution < 1.29 is 18.6 Å². The molecule has 0 radical (unpaired) electrons. The summed E-state index contributed by atoms with van der Waals surface area (Å²) in [6.45, 7) is 3.78. The predicted molar refractivity (Wildman–Crippen MR) is 71.8 cm³/mol. The Morgan fingerprint density at radius 3 is 2.68 bits per heavy atom. The molecule has 2 N–H and O–H groups in total. The van der Waals surface area contributed by atoms with Gasteiger partial charge in [-0.3, -0.25) is 0 Å². The highest BCUT2D eigenvalue weighted by Gasteiger charge is 2.12. The number of ether oxygens (including phenoxy) is 3. The normalized spacial score (nSPS) is 12.4. The van der Waals surface area contributed by atoms with E-state index < -0.39 is 5.82 Å². The number of rotatable bonds is 9. The monoisotopic (exact) mass is 271 g/mol. The highest BCUT2D eigenvalue weighted by atomic mass is 19.1. The summed E-state index contributed by atoms with van der Waals surface area (Å²) >= 11 is 0. The third-order valence-electron chi connectivity index (χ3n) is 2.60. The highest BCUT2D eigenvalue weighted by molar-refractivity contribution is 5.36. The average molecular weight is 271 g/mol. The molecule has 0 aliphatic heterocycles. The lowest BCUT2D eigenvalue weighted by Crippen LogP contribution is -2.13. The van der Waals surface area contributed by atoms with Crippen LogP contribution in [-0.2, 0) is 9.47 Å². The molecule has 0 saturated heterocycles. The Kier molecular flexibility index (Phi) is 7.40. The zero-order valence-corrected chi connectivity index (χ0v) is 11.5. The molecule has 1 atom stereocenters. The lowest BCUT2D eigenvalue weighted by Gasteiger charge is -2.14. The molecule has 0 fully saturated rings. The molecule has 0 aliphatic rings. The largest absolute Gasteiger partial charge is 0.488 e. The van der Waals surface area contributed by atoms with Gasteiger partial charge in [0.1, 0.15) is 6.61 Å². The van der Waals surface area contributed by atoms with E-state index >= 15 is 0 Å². The third-order valence-corrected chi connectivity index (χ3v) is 2.60. The summed E-state index contributed by atoms with van der Waals surface area (Å²) in [5.74, 6) is -0.174. The lowest BCUT2D eigenvalue weighted by molar-refractivity contribution is 0.0794. The number of halogens is 1. The van der Waals surface area contributed by atoms with Gasteiger partial charge in [0, 0.05) is 31.9 Å². The van der Waals surface area contributed by atoms with Crippen LogP contribution in [0, 0.1) is 5.82 Å². The topological polar surface area (TPSA) is 53.7 Å². The summed E-state index contributed by atoms with van der Waals surface area (Å²) in [4.78, 5) is 0. The Balaban J connectivity index is 2.36. The van der Waals surface area contributed by atoms with Crippen LogP contribution in [0.4, 0.5) is 4.39 Å². The molecule has 1 aromatic carbocycles. The van der Waals surface area contributed by atoms with Gasteiger partial charge < -0.3 is 19.9 Å². The van der Waals surface area contributed by atoms with Crippen molar-refractivity contribution in [3.8, 4) is 5.75 Å². The van der Waals surface area contributed by atoms with Gasteiger partial charge in [-0.15, -0.1) is 0 Å². The first-order valence-electron chi connectivity index (χ1n) is 6.40. The number of nitrogens with two attached hydrogens (primary N) is 1. The van der Waals surface area contributed by atoms with Gasteiger partial charge in [-0.25, -0.2) is 4.39 Å². The van der Waals surface area contributed by atoms with Crippen molar-refractivity contribution >= 4 is 0 Å².